The van der Waals surface area contributed by atoms with Crippen molar-refractivity contribution in [3.63, 3.8) is 0 Å². The lowest BCUT2D eigenvalue weighted by Gasteiger charge is -2.24. The molecule has 2 aromatic heterocycles. The van der Waals surface area contributed by atoms with Crippen LogP contribution in [0.25, 0.3) is 0 Å². The van der Waals surface area contributed by atoms with Crippen molar-refractivity contribution in [1.82, 2.24) is 19.7 Å². The van der Waals surface area contributed by atoms with E-state index in [0.29, 0.717) is 0 Å². The summed E-state index contributed by atoms with van der Waals surface area (Å²) in [6.45, 7) is 5.92. The molecule has 2 aromatic rings. The molecule has 0 radical (unpaired) electrons. The van der Waals surface area contributed by atoms with Gasteiger partial charge in [0.25, 0.3) is 5.91 Å². The first kappa shape index (κ1) is 15.8. The average Bonchev–Trinajstić information content (AvgIpc) is 3.22. The van der Waals surface area contributed by atoms with Gasteiger partial charge in [0.2, 0.25) is 0 Å². The van der Waals surface area contributed by atoms with E-state index in [1.165, 1.54) is 24.1 Å². The molecule has 6 heteroatoms. The quantitative estimate of drug-likeness (QED) is 0.835. The van der Waals surface area contributed by atoms with Crippen LogP contribution in [-0.4, -0.2) is 32.1 Å². The highest BCUT2D eigenvalue weighted by Gasteiger charge is 2.35. The Labute approximate surface area is 146 Å². The summed E-state index contributed by atoms with van der Waals surface area (Å²) >= 11 is 1.70. The zero-order valence-electron chi connectivity index (χ0n) is 14.4. The Kier molecular flexibility index (Phi) is 4.16. The van der Waals surface area contributed by atoms with Crippen molar-refractivity contribution in [1.29, 1.82) is 0 Å². The number of aromatic nitrogens is 3. The fraction of sp³-hybridized carbons (Fsp3) is 0.611. The van der Waals surface area contributed by atoms with E-state index < -0.39 is 0 Å². The number of carbonyl (C=O) groups is 1. The SMILES string of the molecule is Cc1cc(C(=O)N2CCC[C@H]2c2nnc3n2CCCCC3)c(C)s1. The first-order valence-corrected chi connectivity index (χ1v) is 9.77. The Morgan fingerprint density at radius 2 is 2.04 bits per heavy atom. The number of nitrogens with zero attached hydrogens (tertiary/aromatic N) is 4. The third kappa shape index (κ3) is 2.66. The molecule has 0 bridgehead atoms. The summed E-state index contributed by atoms with van der Waals surface area (Å²) in [5, 5.41) is 8.92. The zero-order chi connectivity index (χ0) is 16.7. The number of thiophene rings is 1. The second-order valence-electron chi connectivity index (χ2n) is 6.92. The molecule has 0 aliphatic carbocycles. The third-order valence-electron chi connectivity index (χ3n) is 5.22. The van der Waals surface area contributed by atoms with E-state index in [9.17, 15) is 4.79 Å². The van der Waals surface area contributed by atoms with Crippen LogP contribution in [0.15, 0.2) is 6.07 Å². The maximum Gasteiger partial charge on any atom is 0.255 e. The van der Waals surface area contributed by atoms with Gasteiger partial charge >= 0.3 is 0 Å². The number of likely N-dealkylation sites (tertiary alicyclic amines) is 1. The van der Waals surface area contributed by atoms with Crippen LogP contribution in [0.2, 0.25) is 0 Å². The van der Waals surface area contributed by atoms with Crippen LogP contribution < -0.4 is 0 Å². The molecule has 128 valence electrons. The van der Waals surface area contributed by atoms with E-state index in [0.717, 1.165) is 54.4 Å². The lowest BCUT2D eigenvalue weighted by Crippen LogP contribution is -2.32. The zero-order valence-corrected chi connectivity index (χ0v) is 15.2. The minimum absolute atomic E-state index is 0.0801. The van der Waals surface area contributed by atoms with Gasteiger partial charge in [0.1, 0.15) is 5.82 Å². The Hall–Kier alpha value is -1.69. The van der Waals surface area contributed by atoms with Gasteiger partial charge in [-0.05, 0) is 45.6 Å². The van der Waals surface area contributed by atoms with Crippen molar-refractivity contribution in [2.24, 2.45) is 0 Å². The second-order valence-corrected chi connectivity index (χ2v) is 8.38. The molecule has 5 nitrogen and oxygen atoms in total. The summed E-state index contributed by atoms with van der Waals surface area (Å²) in [5.41, 5.74) is 0.861. The smallest absolute Gasteiger partial charge is 0.255 e. The molecule has 4 rings (SSSR count). The predicted octanol–water partition coefficient (Wildman–Crippen LogP) is 3.66. The summed E-state index contributed by atoms with van der Waals surface area (Å²) < 4.78 is 2.29. The number of hydrogen-bond donors (Lipinski definition) is 0. The lowest BCUT2D eigenvalue weighted by atomic mass is 10.1. The number of rotatable bonds is 2. The normalized spacial score (nSPS) is 20.9. The Morgan fingerprint density at radius 3 is 2.83 bits per heavy atom. The van der Waals surface area contributed by atoms with Crippen LogP contribution in [-0.2, 0) is 13.0 Å². The molecule has 2 aliphatic rings. The van der Waals surface area contributed by atoms with Crippen LogP contribution in [0.1, 0.15) is 69.9 Å². The number of carbonyl (C=O) groups excluding carboxylic acids is 1. The fourth-order valence-corrected chi connectivity index (χ4v) is 4.95. The van der Waals surface area contributed by atoms with Crippen molar-refractivity contribution in [2.75, 3.05) is 6.54 Å². The molecular formula is C18H24N4OS. The second kappa shape index (κ2) is 6.31. The Morgan fingerprint density at radius 1 is 1.17 bits per heavy atom. The average molecular weight is 344 g/mol. The van der Waals surface area contributed by atoms with Crippen LogP contribution in [0.3, 0.4) is 0 Å². The lowest BCUT2D eigenvalue weighted by molar-refractivity contribution is 0.0727. The number of fused-ring (bicyclic) bond motifs is 1. The van der Waals surface area contributed by atoms with E-state index in [1.54, 1.807) is 11.3 Å². The monoisotopic (exact) mass is 344 g/mol. The predicted molar refractivity (Wildman–Crippen MR) is 94.4 cm³/mol. The molecule has 1 saturated heterocycles. The van der Waals surface area contributed by atoms with Crippen molar-refractivity contribution in [3.8, 4) is 0 Å². The summed E-state index contributed by atoms with van der Waals surface area (Å²) in [6.07, 6.45) is 6.67. The molecule has 1 atom stereocenters. The molecule has 24 heavy (non-hydrogen) atoms. The van der Waals surface area contributed by atoms with Gasteiger partial charge in [-0.3, -0.25) is 4.79 Å². The minimum Gasteiger partial charge on any atom is -0.328 e. The van der Waals surface area contributed by atoms with Gasteiger partial charge in [-0.25, -0.2) is 0 Å². The van der Waals surface area contributed by atoms with Gasteiger partial charge in [-0.15, -0.1) is 21.5 Å². The van der Waals surface area contributed by atoms with Gasteiger partial charge in [-0.2, -0.15) is 0 Å². The largest absolute Gasteiger partial charge is 0.328 e. The fourth-order valence-electron chi connectivity index (χ4n) is 4.03. The first-order valence-electron chi connectivity index (χ1n) is 8.95. The topological polar surface area (TPSA) is 51.0 Å². The van der Waals surface area contributed by atoms with Crippen molar-refractivity contribution in [3.05, 3.63) is 33.0 Å². The molecule has 0 aromatic carbocycles. The molecule has 0 spiro atoms. The first-order chi connectivity index (χ1) is 11.6. The maximum absolute atomic E-state index is 13.1. The van der Waals surface area contributed by atoms with E-state index in [2.05, 4.69) is 21.7 Å². The standard InChI is InChI=1S/C18H24N4OS/c1-12-11-14(13(2)24-12)18(23)21-10-6-7-15(21)17-20-19-16-8-4-3-5-9-22(16)17/h11,15H,3-10H2,1-2H3/t15-/m0/s1. The molecule has 0 unspecified atom stereocenters. The molecule has 4 heterocycles. The van der Waals surface area contributed by atoms with Gasteiger partial charge in [-0.1, -0.05) is 6.42 Å². The summed E-state index contributed by atoms with van der Waals surface area (Å²) in [4.78, 5) is 17.4. The summed E-state index contributed by atoms with van der Waals surface area (Å²) in [7, 11) is 0. The van der Waals surface area contributed by atoms with Crippen LogP contribution >= 0.6 is 11.3 Å². The minimum atomic E-state index is 0.0801. The van der Waals surface area contributed by atoms with Gasteiger partial charge in [0.05, 0.1) is 11.6 Å². The highest BCUT2D eigenvalue weighted by Crippen LogP contribution is 2.34. The van der Waals surface area contributed by atoms with E-state index >= 15 is 0 Å². The van der Waals surface area contributed by atoms with E-state index in [-0.39, 0.29) is 11.9 Å². The summed E-state index contributed by atoms with van der Waals surface area (Å²) in [6, 6.07) is 2.11. The van der Waals surface area contributed by atoms with Gasteiger partial charge in [0, 0.05) is 29.3 Å². The van der Waals surface area contributed by atoms with Gasteiger partial charge in [0.15, 0.2) is 5.82 Å². The molecule has 0 N–H and O–H groups in total. The van der Waals surface area contributed by atoms with Crippen LogP contribution in [0.4, 0.5) is 0 Å². The summed E-state index contributed by atoms with van der Waals surface area (Å²) in [5.74, 6) is 2.26. The molecule has 1 amide bonds. The Bertz CT molecular complexity index is 763. The molecular weight excluding hydrogens is 320 g/mol. The highest BCUT2D eigenvalue weighted by molar-refractivity contribution is 7.12. The molecule has 1 fully saturated rings. The Balaban J connectivity index is 1.65. The van der Waals surface area contributed by atoms with Crippen LogP contribution in [0, 0.1) is 13.8 Å². The molecule has 0 saturated carbocycles. The number of aryl methyl sites for hydroxylation is 3. The molecule has 2 aliphatic heterocycles. The van der Waals surface area contributed by atoms with Gasteiger partial charge < -0.3 is 9.47 Å². The number of hydrogen-bond acceptors (Lipinski definition) is 4. The van der Waals surface area contributed by atoms with E-state index in [4.69, 9.17) is 0 Å². The third-order valence-corrected chi connectivity index (χ3v) is 6.19. The van der Waals surface area contributed by atoms with Crippen molar-refractivity contribution in [2.45, 2.75) is 65.0 Å². The van der Waals surface area contributed by atoms with Crippen molar-refractivity contribution < 1.29 is 4.79 Å². The van der Waals surface area contributed by atoms with Crippen molar-refractivity contribution >= 4 is 17.2 Å². The number of amides is 1. The highest BCUT2D eigenvalue weighted by atomic mass is 32.1. The van der Waals surface area contributed by atoms with E-state index in [1.807, 2.05) is 17.9 Å². The maximum atomic E-state index is 13.1. The van der Waals surface area contributed by atoms with Crippen LogP contribution in [0.5, 0.6) is 0 Å².